The number of rotatable bonds is 5. The van der Waals surface area contributed by atoms with E-state index in [1.807, 2.05) is 0 Å². The van der Waals surface area contributed by atoms with Crippen LogP contribution in [0.4, 0.5) is 0 Å². The maximum absolute atomic E-state index is 5.84. The summed E-state index contributed by atoms with van der Waals surface area (Å²) in [7, 11) is 0. The third-order valence-corrected chi connectivity index (χ3v) is 3.45. The van der Waals surface area contributed by atoms with Gasteiger partial charge in [-0.25, -0.2) is 0 Å². The molecular weight excluding hydrogens is 212 g/mol. The Labute approximate surface area is 104 Å². The van der Waals surface area contributed by atoms with Gasteiger partial charge in [0.05, 0.1) is 13.1 Å². The van der Waals surface area contributed by atoms with Gasteiger partial charge in [-0.15, -0.1) is 0 Å². The van der Waals surface area contributed by atoms with Crippen molar-refractivity contribution in [2.45, 2.75) is 58.8 Å². The molecule has 1 fully saturated rings. The molecular formula is C14H24N2O. The van der Waals surface area contributed by atoms with Crippen molar-refractivity contribution >= 4 is 0 Å². The molecule has 1 aromatic heterocycles. The van der Waals surface area contributed by atoms with Crippen LogP contribution in [-0.4, -0.2) is 23.5 Å². The number of hydrogen-bond donors (Lipinski definition) is 1. The van der Waals surface area contributed by atoms with Gasteiger partial charge in [0.2, 0.25) is 0 Å². The summed E-state index contributed by atoms with van der Waals surface area (Å²) >= 11 is 0. The minimum Gasteiger partial charge on any atom is -0.463 e. The molecule has 1 N–H and O–H groups in total. The van der Waals surface area contributed by atoms with E-state index >= 15 is 0 Å². The van der Waals surface area contributed by atoms with E-state index in [1.165, 1.54) is 19.4 Å². The molecule has 1 aliphatic heterocycles. The van der Waals surface area contributed by atoms with Crippen LogP contribution >= 0.6 is 0 Å². The molecule has 0 spiro atoms. The average Bonchev–Trinajstić information content (AvgIpc) is 2.87. The Morgan fingerprint density at radius 2 is 2.18 bits per heavy atom. The Kier molecular flexibility index (Phi) is 4.24. The number of nitrogens with zero attached hydrogens (tertiary/aromatic N) is 1. The quantitative estimate of drug-likeness (QED) is 0.852. The first-order valence-electron chi connectivity index (χ1n) is 6.70. The van der Waals surface area contributed by atoms with Gasteiger partial charge in [-0.2, -0.15) is 0 Å². The second-order valence-corrected chi connectivity index (χ2v) is 5.37. The summed E-state index contributed by atoms with van der Waals surface area (Å²) in [6.45, 7) is 9.60. The monoisotopic (exact) mass is 236 g/mol. The molecule has 0 aromatic carbocycles. The highest BCUT2D eigenvalue weighted by molar-refractivity contribution is 5.07. The molecule has 0 bridgehead atoms. The van der Waals surface area contributed by atoms with Crippen molar-refractivity contribution in [1.82, 2.24) is 10.2 Å². The average molecular weight is 236 g/mol. The smallest absolute Gasteiger partial charge is 0.118 e. The first-order chi connectivity index (χ1) is 8.15. The molecule has 0 radical (unpaired) electrons. The molecule has 3 heteroatoms. The van der Waals surface area contributed by atoms with E-state index in [-0.39, 0.29) is 0 Å². The highest BCUT2D eigenvalue weighted by Crippen LogP contribution is 2.20. The van der Waals surface area contributed by atoms with Crippen LogP contribution in [0.1, 0.15) is 45.1 Å². The van der Waals surface area contributed by atoms with Crippen LogP contribution in [0.25, 0.3) is 0 Å². The SMILES string of the molecule is CC(C)NCc1ccc(CN2CCCC2C)o1. The summed E-state index contributed by atoms with van der Waals surface area (Å²) in [5, 5.41) is 3.37. The minimum atomic E-state index is 0.502. The Morgan fingerprint density at radius 3 is 2.82 bits per heavy atom. The highest BCUT2D eigenvalue weighted by atomic mass is 16.3. The number of likely N-dealkylation sites (tertiary alicyclic amines) is 1. The maximum atomic E-state index is 5.84. The number of nitrogens with one attached hydrogen (secondary N) is 1. The molecule has 1 atom stereocenters. The predicted molar refractivity (Wildman–Crippen MR) is 69.8 cm³/mol. The molecule has 3 nitrogen and oxygen atoms in total. The fraction of sp³-hybridized carbons (Fsp3) is 0.714. The molecule has 2 rings (SSSR count). The lowest BCUT2D eigenvalue weighted by molar-refractivity contribution is 0.235. The van der Waals surface area contributed by atoms with Crippen molar-refractivity contribution in [3.8, 4) is 0 Å². The fourth-order valence-electron chi connectivity index (χ4n) is 2.33. The van der Waals surface area contributed by atoms with Gasteiger partial charge in [-0.3, -0.25) is 4.90 Å². The molecule has 1 aliphatic rings. The topological polar surface area (TPSA) is 28.4 Å². The van der Waals surface area contributed by atoms with Crippen LogP contribution in [0, 0.1) is 0 Å². The van der Waals surface area contributed by atoms with Crippen LogP contribution in [0.15, 0.2) is 16.5 Å². The van der Waals surface area contributed by atoms with Crippen molar-refractivity contribution in [2.75, 3.05) is 6.54 Å². The van der Waals surface area contributed by atoms with Gasteiger partial charge in [0.15, 0.2) is 0 Å². The molecule has 1 saturated heterocycles. The number of furan rings is 1. The third kappa shape index (κ3) is 3.58. The Balaban J connectivity index is 1.85. The largest absolute Gasteiger partial charge is 0.463 e. The fourth-order valence-corrected chi connectivity index (χ4v) is 2.33. The zero-order valence-electron chi connectivity index (χ0n) is 11.2. The summed E-state index contributed by atoms with van der Waals surface area (Å²) < 4.78 is 5.84. The first kappa shape index (κ1) is 12.7. The Morgan fingerprint density at radius 1 is 1.41 bits per heavy atom. The Bertz CT molecular complexity index is 346. The van der Waals surface area contributed by atoms with E-state index in [9.17, 15) is 0 Å². The molecule has 1 aromatic rings. The molecule has 0 saturated carbocycles. The van der Waals surface area contributed by atoms with Crippen LogP contribution in [0.3, 0.4) is 0 Å². The van der Waals surface area contributed by atoms with E-state index < -0.39 is 0 Å². The van der Waals surface area contributed by atoms with Crippen molar-refractivity contribution in [3.05, 3.63) is 23.7 Å². The molecule has 0 aliphatic carbocycles. The van der Waals surface area contributed by atoms with Gasteiger partial charge in [0.25, 0.3) is 0 Å². The van der Waals surface area contributed by atoms with Crippen LogP contribution in [0.2, 0.25) is 0 Å². The summed E-state index contributed by atoms with van der Waals surface area (Å²) in [5.74, 6) is 2.14. The zero-order valence-corrected chi connectivity index (χ0v) is 11.2. The second kappa shape index (κ2) is 5.69. The van der Waals surface area contributed by atoms with E-state index in [4.69, 9.17) is 4.42 Å². The van der Waals surface area contributed by atoms with E-state index in [0.717, 1.165) is 24.6 Å². The third-order valence-electron chi connectivity index (χ3n) is 3.45. The second-order valence-electron chi connectivity index (χ2n) is 5.37. The molecule has 0 amide bonds. The van der Waals surface area contributed by atoms with Gasteiger partial charge in [-0.05, 0) is 38.4 Å². The standard InChI is InChI=1S/C14H24N2O/c1-11(2)15-9-13-6-7-14(17-13)10-16-8-4-5-12(16)3/h6-7,11-12,15H,4-5,8-10H2,1-3H3. The van der Waals surface area contributed by atoms with Gasteiger partial charge in [0.1, 0.15) is 11.5 Å². The summed E-state index contributed by atoms with van der Waals surface area (Å²) in [4.78, 5) is 2.50. The molecule has 2 heterocycles. The van der Waals surface area contributed by atoms with Gasteiger partial charge >= 0.3 is 0 Å². The number of hydrogen-bond acceptors (Lipinski definition) is 3. The van der Waals surface area contributed by atoms with Gasteiger partial charge in [-0.1, -0.05) is 13.8 Å². The normalized spacial score (nSPS) is 21.5. The lowest BCUT2D eigenvalue weighted by Crippen LogP contribution is -2.25. The van der Waals surface area contributed by atoms with Gasteiger partial charge < -0.3 is 9.73 Å². The van der Waals surface area contributed by atoms with Crippen LogP contribution < -0.4 is 5.32 Å². The molecule has 96 valence electrons. The van der Waals surface area contributed by atoms with Crippen LogP contribution in [-0.2, 0) is 13.1 Å². The van der Waals surface area contributed by atoms with Crippen molar-refractivity contribution < 1.29 is 4.42 Å². The van der Waals surface area contributed by atoms with E-state index in [1.54, 1.807) is 0 Å². The van der Waals surface area contributed by atoms with Gasteiger partial charge in [0, 0.05) is 12.1 Å². The first-order valence-corrected chi connectivity index (χ1v) is 6.70. The lowest BCUT2D eigenvalue weighted by atomic mass is 10.2. The highest BCUT2D eigenvalue weighted by Gasteiger charge is 2.21. The Hall–Kier alpha value is -0.800. The van der Waals surface area contributed by atoms with Crippen LogP contribution in [0.5, 0.6) is 0 Å². The van der Waals surface area contributed by atoms with E-state index in [2.05, 4.69) is 43.1 Å². The minimum absolute atomic E-state index is 0.502. The van der Waals surface area contributed by atoms with Crippen molar-refractivity contribution in [2.24, 2.45) is 0 Å². The predicted octanol–water partition coefficient (Wildman–Crippen LogP) is 2.76. The molecule has 1 unspecified atom stereocenters. The van der Waals surface area contributed by atoms with Crippen molar-refractivity contribution in [3.63, 3.8) is 0 Å². The zero-order chi connectivity index (χ0) is 12.3. The summed E-state index contributed by atoms with van der Waals surface area (Å²) in [6.07, 6.45) is 2.64. The molecule has 17 heavy (non-hydrogen) atoms. The maximum Gasteiger partial charge on any atom is 0.118 e. The lowest BCUT2D eigenvalue weighted by Gasteiger charge is -2.19. The summed E-state index contributed by atoms with van der Waals surface area (Å²) in [5.41, 5.74) is 0. The van der Waals surface area contributed by atoms with E-state index in [0.29, 0.717) is 12.1 Å². The summed E-state index contributed by atoms with van der Waals surface area (Å²) in [6, 6.07) is 5.41. The van der Waals surface area contributed by atoms with Crippen molar-refractivity contribution in [1.29, 1.82) is 0 Å².